The maximum Gasteiger partial charge on any atom is 0.306 e. The van der Waals surface area contributed by atoms with Gasteiger partial charge in [0.1, 0.15) is 11.9 Å². The van der Waals surface area contributed by atoms with Gasteiger partial charge in [-0.15, -0.1) is 11.3 Å². The Morgan fingerprint density at radius 1 is 1.26 bits per heavy atom. The molecule has 2 saturated heterocycles. The molecule has 0 aliphatic carbocycles. The van der Waals surface area contributed by atoms with Crippen LogP contribution in [0.5, 0.6) is 0 Å². The normalized spacial score (nSPS) is 31.2. The van der Waals surface area contributed by atoms with Crippen molar-refractivity contribution in [2.24, 2.45) is 17.1 Å². The number of amides is 1. The number of nitrogens with one attached hydrogen (secondary N) is 1. The Balaban J connectivity index is 1.78. The molecule has 10 heteroatoms. The van der Waals surface area contributed by atoms with E-state index in [9.17, 15) is 19.5 Å². The average Bonchev–Trinajstić information content (AvgIpc) is 3.36. The summed E-state index contributed by atoms with van der Waals surface area (Å²) in [6, 6.07) is -0.294. The number of aliphatic hydroxyl groups is 1. The van der Waals surface area contributed by atoms with Crippen LogP contribution in [0.25, 0.3) is 6.08 Å². The zero-order chi connectivity index (χ0) is 31.1. The van der Waals surface area contributed by atoms with E-state index < -0.39 is 17.6 Å². The number of aromatic nitrogens is 1. The second kappa shape index (κ2) is 15.0. The predicted octanol–water partition coefficient (Wildman–Crippen LogP) is 4.87. The monoisotopic (exact) mass is 605 g/mol. The maximum atomic E-state index is 13.5. The molecule has 3 heterocycles. The lowest BCUT2D eigenvalue weighted by molar-refractivity contribution is -0.155. The summed E-state index contributed by atoms with van der Waals surface area (Å²) in [5, 5.41) is 17.2. The number of esters is 1. The Morgan fingerprint density at radius 3 is 2.67 bits per heavy atom. The standard InChI is InChI=1S/C32H51N3O6S/c1-20-11-10-13-32(6)28(41-32)16-24(21(2)15-23-19-42-22(3)34-23)35-29(38)18-27(37)31(4,5)26(36)17-25(20)40-30(39)12-8-7-9-14-33/h15,19-20,24-25,27-28,37H,7-14,16-18,33H2,1-6H3,(H,35,38)/b21-15+/t20-,24-,25+,27-,28-,32+/m0/s1. The highest BCUT2D eigenvalue weighted by molar-refractivity contribution is 7.09. The van der Waals surface area contributed by atoms with Gasteiger partial charge >= 0.3 is 5.97 Å². The largest absolute Gasteiger partial charge is 0.462 e. The number of ether oxygens (including phenoxy) is 2. The number of hydrogen-bond donors (Lipinski definition) is 3. The van der Waals surface area contributed by atoms with Crippen LogP contribution < -0.4 is 11.1 Å². The van der Waals surface area contributed by atoms with Crippen molar-refractivity contribution < 1.29 is 29.0 Å². The molecule has 2 aliphatic rings. The summed E-state index contributed by atoms with van der Waals surface area (Å²) in [6.45, 7) is 11.9. The molecule has 2 aliphatic heterocycles. The van der Waals surface area contributed by atoms with E-state index in [0.717, 1.165) is 48.4 Å². The number of rotatable bonds is 8. The van der Waals surface area contributed by atoms with Crippen molar-refractivity contribution in [3.8, 4) is 0 Å². The fraction of sp³-hybridized carbons (Fsp3) is 0.750. The highest BCUT2D eigenvalue weighted by Crippen LogP contribution is 2.44. The van der Waals surface area contributed by atoms with E-state index in [1.165, 1.54) is 0 Å². The number of carbonyl (C=O) groups is 3. The topological polar surface area (TPSA) is 144 Å². The van der Waals surface area contributed by atoms with E-state index in [1.54, 1.807) is 25.2 Å². The van der Waals surface area contributed by atoms with Crippen LogP contribution >= 0.6 is 11.3 Å². The number of fused-ring (bicyclic) bond motifs is 1. The number of aliphatic hydroxyl groups excluding tert-OH is 1. The third-order valence-electron chi connectivity index (χ3n) is 9.03. The van der Waals surface area contributed by atoms with E-state index in [4.69, 9.17) is 15.2 Å². The summed E-state index contributed by atoms with van der Waals surface area (Å²) in [7, 11) is 0. The summed E-state index contributed by atoms with van der Waals surface area (Å²) in [6.07, 6.45) is 5.69. The van der Waals surface area contributed by atoms with Gasteiger partial charge in [-0.2, -0.15) is 0 Å². The minimum atomic E-state index is -1.20. The van der Waals surface area contributed by atoms with Crippen LogP contribution in [-0.2, 0) is 23.9 Å². The van der Waals surface area contributed by atoms with E-state index in [2.05, 4.69) is 17.2 Å². The molecule has 1 amide bonds. The lowest BCUT2D eigenvalue weighted by Gasteiger charge is -2.32. The Morgan fingerprint density at radius 2 is 2.00 bits per heavy atom. The molecule has 3 rings (SSSR count). The Labute approximate surface area is 255 Å². The van der Waals surface area contributed by atoms with Gasteiger partial charge in [-0.3, -0.25) is 14.4 Å². The first kappa shape index (κ1) is 34.4. The second-order valence-corrected chi connectivity index (χ2v) is 14.1. The van der Waals surface area contributed by atoms with Crippen LogP contribution in [0.3, 0.4) is 0 Å². The molecule has 0 radical (unpaired) electrons. The van der Waals surface area contributed by atoms with Crippen molar-refractivity contribution in [3.05, 3.63) is 21.7 Å². The van der Waals surface area contributed by atoms with E-state index in [1.807, 2.05) is 32.2 Å². The van der Waals surface area contributed by atoms with Gasteiger partial charge in [-0.25, -0.2) is 4.98 Å². The maximum absolute atomic E-state index is 13.5. The zero-order valence-electron chi connectivity index (χ0n) is 26.2. The van der Waals surface area contributed by atoms with Crippen LogP contribution in [0.4, 0.5) is 0 Å². The van der Waals surface area contributed by atoms with Crippen molar-refractivity contribution in [2.45, 2.75) is 136 Å². The fourth-order valence-electron chi connectivity index (χ4n) is 5.62. The van der Waals surface area contributed by atoms with Crippen LogP contribution in [-0.4, -0.2) is 64.2 Å². The van der Waals surface area contributed by atoms with Crippen LogP contribution in [0.2, 0.25) is 0 Å². The SMILES string of the molecule is C/C(=C\c1csc(C)n1)[C@@H]1C[C@@H]2O[C@]2(C)CCC[C@H](C)[C@H](OC(=O)CCCCCN)CC(=O)C(C)(C)[C@@H](O)CC(=O)N1. The van der Waals surface area contributed by atoms with Crippen molar-refractivity contribution in [2.75, 3.05) is 6.54 Å². The van der Waals surface area contributed by atoms with Gasteiger partial charge in [0.15, 0.2) is 0 Å². The fourth-order valence-corrected chi connectivity index (χ4v) is 6.19. The summed E-state index contributed by atoms with van der Waals surface area (Å²) >= 11 is 1.57. The van der Waals surface area contributed by atoms with E-state index >= 15 is 0 Å². The minimum absolute atomic E-state index is 0.00466. The molecule has 0 unspecified atom stereocenters. The molecule has 6 atom stereocenters. The number of Topliss-reactive ketones (excluding diaryl/α,β-unsaturated/α-hetero) is 1. The van der Waals surface area contributed by atoms with Crippen molar-refractivity contribution >= 4 is 35.1 Å². The molecule has 2 fully saturated rings. The second-order valence-electron chi connectivity index (χ2n) is 13.0. The molecular formula is C32H51N3O6S. The summed E-state index contributed by atoms with van der Waals surface area (Å²) in [4.78, 5) is 44.0. The molecular weight excluding hydrogens is 554 g/mol. The number of carbonyl (C=O) groups excluding carboxylic acids is 3. The summed E-state index contributed by atoms with van der Waals surface area (Å²) in [5.74, 6) is -0.930. The molecule has 4 N–H and O–H groups in total. The van der Waals surface area contributed by atoms with Crippen molar-refractivity contribution in [3.63, 3.8) is 0 Å². The quantitative estimate of drug-likeness (QED) is 0.216. The molecule has 42 heavy (non-hydrogen) atoms. The van der Waals surface area contributed by atoms with Gasteiger partial charge < -0.3 is 25.6 Å². The Bertz CT molecular complexity index is 1120. The number of nitrogens with two attached hydrogens (primary N) is 1. The Hall–Kier alpha value is -2.14. The molecule has 236 valence electrons. The minimum Gasteiger partial charge on any atom is -0.462 e. The van der Waals surface area contributed by atoms with E-state index in [0.29, 0.717) is 19.4 Å². The number of ketones is 1. The highest BCUT2D eigenvalue weighted by atomic mass is 32.1. The average molecular weight is 606 g/mol. The first-order valence-electron chi connectivity index (χ1n) is 15.4. The Kier molecular flexibility index (Phi) is 12.3. The van der Waals surface area contributed by atoms with Crippen LogP contribution in [0.15, 0.2) is 11.0 Å². The summed E-state index contributed by atoms with van der Waals surface area (Å²) < 4.78 is 12.0. The lowest BCUT2D eigenvalue weighted by atomic mass is 9.77. The highest BCUT2D eigenvalue weighted by Gasteiger charge is 2.52. The first-order chi connectivity index (χ1) is 19.7. The molecule has 0 spiro atoms. The molecule has 1 aromatic heterocycles. The van der Waals surface area contributed by atoms with Gasteiger partial charge in [-0.1, -0.05) is 33.6 Å². The van der Waals surface area contributed by atoms with Gasteiger partial charge in [0, 0.05) is 30.1 Å². The third kappa shape index (κ3) is 9.69. The first-order valence-corrected chi connectivity index (χ1v) is 16.3. The van der Waals surface area contributed by atoms with Crippen LogP contribution in [0, 0.1) is 18.3 Å². The van der Waals surface area contributed by atoms with Gasteiger partial charge in [0.05, 0.1) is 41.0 Å². The number of nitrogens with zero attached hydrogens (tertiary/aromatic N) is 1. The van der Waals surface area contributed by atoms with Gasteiger partial charge in [0.25, 0.3) is 0 Å². The lowest BCUT2D eigenvalue weighted by Crippen LogP contribution is -2.45. The predicted molar refractivity (Wildman–Crippen MR) is 165 cm³/mol. The van der Waals surface area contributed by atoms with Gasteiger partial charge in [0.2, 0.25) is 5.91 Å². The molecule has 0 bridgehead atoms. The zero-order valence-corrected chi connectivity index (χ0v) is 27.1. The molecule has 9 nitrogen and oxygen atoms in total. The number of unbranched alkanes of at least 4 members (excludes halogenated alkanes) is 2. The number of thiazole rings is 1. The van der Waals surface area contributed by atoms with Gasteiger partial charge in [-0.05, 0) is 70.6 Å². The van der Waals surface area contributed by atoms with Crippen LogP contribution in [0.1, 0.15) is 110 Å². The smallest absolute Gasteiger partial charge is 0.306 e. The summed E-state index contributed by atoms with van der Waals surface area (Å²) in [5.41, 5.74) is 5.86. The molecule has 1 aromatic rings. The van der Waals surface area contributed by atoms with Crippen molar-refractivity contribution in [1.82, 2.24) is 10.3 Å². The molecule has 0 aromatic carbocycles. The molecule has 0 saturated carbocycles. The third-order valence-corrected chi connectivity index (χ3v) is 9.83. The van der Waals surface area contributed by atoms with E-state index in [-0.39, 0.29) is 60.6 Å². The number of aryl methyl sites for hydroxylation is 1. The van der Waals surface area contributed by atoms with Crippen molar-refractivity contribution in [1.29, 1.82) is 0 Å². The number of hydrogen-bond acceptors (Lipinski definition) is 9. The number of epoxide rings is 1.